The minimum atomic E-state index is -0.793. The number of nitrogens with zero attached hydrogens (tertiary/aromatic N) is 1. The van der Waals surface area contributed by atoms with E-state index in [1.807, 2.05) is 12.1 Å². The van der Waals surface area contributed by atoms with Gasteiger partial charge < -0.3 is 10.0 Å². The van der Waals surface area contributed by atoms with Crippen molar-refractivity contribution in [3.8, 4) is 0 Å². The van der Waals surface area contributed by atoms with Crippen LogP contribution in [0.3, 0.4) is 0 Å². The molecule has 0 radical (unpaired) electrons. The highest BCUT2D eigenvalue weighted by Gasteiger charge is 2.38. The van der Waals surface area contributed by atoms with Gasteiger partial charge in [0.15, 0.2) is 0 Å². The molecule has 0 aromatic heterocycles. The number of amides is 1. The molecule has 1 aliphatic heterocycles. The number of carboxylic acids is 1. The molecule has 0 bridgehead atoms. The van der Waals surface area contributed by atoms with Crippen LogP contribution in [0.25, 0.3) is 0 Å². The van der Waals surface area contributed by atoms with Gasteiger partial charge in [0.05, 0.1) is 5.92 Å². The van der Waals surface area contributed by atoms with E-state index in [0.717, 1.165) is 19.3 Å². The summed E-state index contributed by atoms with van der Waals surface area (Å²) in [5.74, 6) is -0.991. The third-order valence-corrected chi connectivity index (χ3v) is 4.24. The van der Waals surface area contributed by atoms with Crippen molar-refractivity contribution in [2.45, 2.75) is 19.3 Å². The fourth-order valence-corrected chi connectivity index (χ4v) is 2.98. The fraction of sp³-hybridized carbons (Fsp3) is 0.467. The van der Waals surface area contributed by atoms with Crippen LogP contribution in [-0.2, 0) is 22.4 Å². The molecule has 4 heteroatoms. The zero-order chi connectivity index (χ0) is 13.4. The van der Waals surface area contributed by atoms with Crippen LogP contribution < -0.4 is 0 Å². The van der Waals surface area contributed by atoms with Crippen molar-refractivity contribution in [1.29, 1.82) is 0 Å². The Labute approximate surface area is 112 Å². The number of hydrogen-bond donors (Lipinski definition) is 1. The Bertz CT molecular complexity index is 520. The highest BCUT2D eigenvalue weighted by atomic mass is 16.4. The van der Waals surface area contributed by atoms with Crippen molar-refractivity contribution in [2.75, 3.05) is 13.1 Å². The molecular weight excluding hydrogens is 242 g/mol. The van der Waals surface area contributed by atoms with Gasteiger partial charge in [-0.05, 0) is 30.4 Å². The standard InChI is InChI=1S/C15H17NO3/c17-14(16-8-13(9-16)15(18)19)12-6-5-10-3-1-2-4-11(10)7-12/h1-4,12-13H,5-9H2,(H,18,19). The predicted molar refractivity (Wildman–Crippen MR) is 69.7 cm³/mol. The number of rotatable bonds is 2. The van der Waals surface area contributed by atoms with Crippen molar-refractivity contribution in [1.82, 2.24) is 4.90 Å². The Balaban J connectivity index is 1.63. The average molecular weight is 259 g/mol. The first kappa shape index (κ1) is 12.2. The van der Waals surface area contributed by atoms with Crippen LogP contribution in [0.1, 0.15) is 17.5 Å². The molecule has 3 rings (SSSR count). The summed E-state index contributed by atoms with van der Waals surface area (Å²) < 4.78 is 0. The van der Waals surface area contributed by atoms with Crippen LogP contribution in [0.4, 0.5) is 0 Å². The Morgan fingerprint density at radius 3 is 2.47 bits per heavy atom. The maximum atomic E-state index is 12.3. The molecule has 1 aliphatic carbocycles. The van der Waals surface area contributed by atoms with Gasteiger partial charge in [0.1, 0.15) is 0 Å². The lowest BCUT2D eigenvalue weighted by atomic mass is 9.82. The van der Waals surface area contributed by atoms with Gasteiger partial charge in [0.2, 0.25) is 5.91 Å². The summed E-state index contributed by atoms with van der Waals surface area (Å²) >= 11 is 0. The Kier molecular flexibility index (Phi) is 3.01. The summed E-state index contributed by atoms with van der Waals surface area (Å²) in [6.45, 7) is 0.763. The summed E-state index contributed by atoms with van der Waals surface area (Å²) in [5.41, 5.74) is 2.61. The second-order valence-electron chi connectivity index (χ2n) is 5.49. The van der Waals surface area contributed by atoms with E-state index < -0.39 is 5.97 Å². The number of carbonyl (C=O) groups excluding carboxylic acids is 1. The second kappa shape index (κ2) is 4.68. The Morgan fingerprint density at radius 1 is 1.11 bits per heavy atom. The molecule has 1 aromatic carbocycles. The van der Waals surface area contributed by atoms with Crippen LogP contribution in [0, 0.1) is 11.8 Å². The summed E-state index contributed by atoms with van der Waals surface area (Å²) in [6, 6.07) is 8.26. The summed E-state index contributed by atoms with van der Waals surface area (Å²) in [4.78, 5) is 24.7. The molecule has 0 spiro atoms. The smallest absolute Gasteiger partial charge is 0.310 e. The van der Waals surface area contributed by atoms with Gasteiger partial charge in [0, 0.05) is 19.0 Å². The lowest BCUT2D eigenvalue weighted by Crippen LogP contribution is -2.55. The van der Waals surface area contributed by atoms with E-state index in [1.165, 1.54) is 11.1 Å². The van der Waals surface area contributed by atoms with E-state index in [-0.39, 0.29) is 17.7 Å². The van der Waals surface area contributed by atoms with Gasteiger partial charge in [-0.25, -0.2) is 0 Å². The van der Waals surface area contributed by atoms with E-state index in [4.69, 9.17) is 5.11 Å². The third kappa shape index (κ3) is 2.23. The zero-order valence-corrected chi connectivity index (χ0v) is 10.7. The van der Waals surface area contributed by atoms with Crippen molar-refractivity contribution >= 4 is 11.9 Å². The highest BCUT2D eigenvalue weighted by Crippen LogP contribution is 2.28. The van der Waals surface area contributed by atoms with Gasteiger partial charge in [-0.2, -0.15) is 0 Å². The SMILES string of the molecule is O=C(O)C1CN(C(=O)C2CCc3ccccc3C2)C1. The number of carboxylic acid groups (broad SMARTS) is 1. The van der Waals surface area contributed by atoms with Crippen LogP contribution in [0.15, 0.2) is 24.3 Å². The van der Waals surface area contributed by atoms with Gasteiger partial charge in [-0.15, -0.1) is 0 Å². The Hall–Kier alpha value is -1.84. The number of benzene rings is 1. The lowest BCUT2D eigenvalue weighted by molar-refractivity contribution is -0.154. The molecular formula is C15H17NO3. The Morgan fingerprint density at radius 2 is 1.79 bits per heavy atom. The molecule has 0 saturated carbocycles. The van der Waals surface area contributed by atoms with Crippen molar-refractivity contribution < 1.29 is 14.7 Å². The molecule has 1 saturated heterocycles. The molecule has 1 aromatic rings. The molecule has 1 amide bonds. The number of carbonyl (C=O) groups is 2. The quantitative estimate of drug-likeness (QED) is 0.871. The maximum absolute atomic E-state index is 12.3. The lowest BCUT2D eigenvalue weighted by Gasteiger charge is -2.39. The molecule has 1 N–H and O–H groups in total. The van der Waals surface area contributed by atoms with Crippen LogP contribution in [0.5, 0.6) is 0 Å². The molecule has 2 aliphatic rings. The topological polar surface area (TPSA) is 57.6 Å². The fourth-order valence-electron chi connectivity index (χ4n) is 2.98. The minimum Gasteiger partial charge on any atom is -0.481 e. The number of aliphatic carboxylic acids is 1. The first-order chi connectivity index (χ1) is 9.15. The molecule has 1 unspecified atom stereocenters. The van der Waals surface area contributed by atoms with Crippen molar-refractivity contribution in [2.24, 2.45) is 11.8 Å². The second-order valence-corrected chi connectivity index (χ2v) is 5.49. The van der Waals surface area contributed by atoms with Gasteiger partial charge in [0.25, 0.3) is 0 Å². The maximum Gasteiger partial charge on any atom is 0.310 e. The first-order valence-corrected chi connectivity index (χ1v) is 6.73. The predicted octanol–water partition coefficient (Wildman–Crippen LogP) is 1.33. The van der Waals surface area contributed by atoms with Crippen LogP contribution in [0.2, 0.25) is 0 Å². The number of likely N-dealkylation sites (tertiary alicyclic amines) is 1. The number of fused-ring (bicyclic) bond motifs is 1. The van der Waals surface area contributed by atoms with Crippen LogP contribution in [-0.4, -0.2) is 35.0 Å². The minimum absolute atomic E-state index is 0.0321. The molecule has 1 fully saturated rings. The number of aryl methyl sites for hydroxylation is 1. The van der Waals surface area contributed by atoms with E-state index >= 15 is 0 Å². The monoisotopic (exact) mass is 259 g/mol. The molecule has 4 nitrogen and oxygen atoms in total. The number of hydrogen-bond acceptors (Lipinski definition) is 2. The van der Waals surface area contributed by atoms with Gasteiger partial charge in [-0.3, -0.25) is 9.59 Å². The van der Waals surface area contributed by atoms with E-state index in [9.17, 15) is 9.59 Å². The molecule has 100 valence electrons. The van der Waals surface area contributed by atoms with E-state index in [0.29, 0.717) is 13.1 Å². The molecule has 1 heterocycles. The van der Waals surface area contributed by atoms with Gasteiger partial charge >= 0.3 is 5.97 Å². The summed E-state index contributed by atoms with van der Waals surface area (Å²) in [7, 11) is 0. The average Bonchev–Trinajstić information content (AvgIpc) is 2.35. The zero-order valence-electron chi connectivity index (χ0n) is 10.7. The van der Waals surface area contributed by atoms with Crippen LogP contribution >= 0.6 is 0 Å². The third-order valence-electron chi connectivity index (χ3n) is 4.24. The molecule has 19 heavy (non-hydrogen) atoms. The van der Waals surface area contributed by atoms with E-state index in [1.54, 1.807) is 4.90 Å². The summed E-state index contributed by atoms with van der Waals surface area (Å²) in [6.07, 6.45) is 2.62. The van der Waals surface area contributed by atoms with Crippen molar-refractivity contribution in [3.05, 3.63) is 35.4 Å². The normalized spacial score (nSPS) is 22.5. The first-order valence-electron chi connectivity index (χ1n) is 6.73. The largest absolute Gasteiger partial charge is 0.481 e. The molecule has 1 atom stereocenters. The highest BCUT2D eigenvalue weighted by molar-refractivity contribution is 5.83. The van der Waals surface area contributed by atoms with Crippen molar-refractivity contribution in [3.63, 3.8) is 0 Å². The van der Waals surface area contributed by atoms with E-state index in [2.05, 4.69) is 12.1 Å². The summed E-state index contributed by atoms with van der Waals surface area (Å²) in [5, 5.41) is 8.84. The van der Waals surface area contributed by atoms with Gasteiger partial charge in [-0.1, -0.05) is 24.3 Å².